The van der Waals surface area contributed by atoms with Gasteiger partial charge >= 0.3 is 48.5 Å². The summed E-state index contributed by atoms with van der Waals surface area (Å²) in [6, 6.07) is 0. The van der Waals surface area contributed by atoms with Crippen molar-refractivity contribution in [2.45, 2.75) is 9.89 Å². The summed E-state index contributed by atoms with van der Waals surface area (Å²) in [4.78, 5) is 2.75. The van der Waals surface area contributed by atoms with Crippen LogP contribution in [0.25, 0.3) is 0 Å². The standard InChI is InChI=1S/C2H4OSeSi2/c1-4-2-6-3-5-1/h1-2H2. The van der Waals surface area contributed by atoms with Crippen LogP contribution in [0, 0.1) is 0 Å². The van der Waals surface area contributed by atoms with Crippen LogP contribution in [0.2, 0.25) is 9.89 Å². The van der Waals surface area contributed by atoms with Gasteiger partial charge in [0.05, 0.1) is 0 Å². The van der Waals surface area contributed by atoms with E-state index in [1.54, 1.807) is 0 Å². The zero-order chi connectivity index (χ0) is 4.24. The molecule has 1 heterocycles. The Hall–Kier alpha value is 0.913. The summed E-state index contributed by atoms with van der Waals surface area (Å²) in [7, 11) is 1.68. The van der Waals surface area contributed by atoms with Crippen molar-refractivity contribution >= 4 is 34.5 Å². The molecular formula is C2H4OSeSi2. The molecule has 1 fully saturated rings. The molecule has 1 saturated heterocycles. The van der Waals surface area contributed by atoms with E-state index in [9.17, 15) is 0 Å². The Morgan fingerprint density at radius 3 is 2.17 bits per heavy atom. The third-order valence-electron chi connectivity index (χ3n) is 0.466. The average molecular weight is 179 g/mol. The van der Waals surface area contributed by atoms with E-state index in [-0.39, 0.29) is 0 Å². The van der Waals surface area contributed by atoms with Gasteiger partial charge < -0.3 is 0 Å². The van der Waals surface area contributed by atoms with Gasteiger partial charge in [0.1, 0.15) is 0 Å². The van der Waals surface area contributed by atoms with Gasteiger partial charge in [-0.05, 0) is 0 Å². The van der Waals surface area contributed by atoms with Crippen LogP contribution in [-0.4, -0.2) is 34.5 Å². The Morgan fingerprint density at radius 1 is 1.33 bits per heavy atom. The Balaban J connectivity index is 2.00. The molecular weight excluding hydrogens is 175 g/mol. The van der Waals surface area contributed by atoms with Crippen molar-refractivity contribution in [1.82, 2.24) is 0 Å². The van der Waals surface area contributed by atoms with Gasteiger partial charge in [0.25, 0.3) is 0 Å². The molecule has 1 aliphatic rings. The monoisotopic (exact) mass is 180 g/mol. The summed E-state index contributed by atoms with van der Waals surface area (Å²) in [5.41, 5.74) is 0. The quantitative estimate of drug-likeness (QED) is 0.464. The van der Waals surface area contributed by atoms with E-state index < -0.39 is 0 Å². The Kier molecular flexibility index (Phi) is 2.52. The van der Waals surface area contributed by atoms with Crippen LogP contribution < -0.4 is 0 Å². The Morgan fingerprint density at radius 2 is 2.00 bits per heavy atom. The van der Waals surface area contributed by atoms with Crippen molar-refractivity contribution in [3.63, 3.8) is 0 Å². The number of hydrogen-bond donors (Lipinski definition) is 0. The molecule has 0 N–H and O–H groups in total. The van der Waals surface area contributed by atoms with E-state index in [1.165, 1.54) is 9.89 Å². The van der Waals surface area contributed by atoms with Crippen LogP contribution >= 0.6 is 0 Å². The number of rotatable bonds is 0. The zero-order valence-electron chi connectivity index (χ0n) is 3.23. The first kappa shape index (κ1) is 5.06. The molecule has 0 aromatic carbocycles. The normalized spacial score (nSPS) is 24.0. The van der Waals surface area contributed by atoms with Crippen molar-refractivity contribution in [2.24, 2.45) is 0 Å². The Labute approximate surface area is 48.9 Å². The van der Waals surface area contributed by atoms with Gasteiger partial charge in [0.2, 0.25) is 0 Å². The summed E-state index contributed by atoms with van der Waals surface area (Å²) in [5, 5.41) is 0. The van der Waals surface area contributed by atoms with E-state index in [0.29, 0.717) is 0 Å². The molecule has 6 heavy (non-hydrogen) atoms. The maximum atomic E-state index is 5.14. The van der Waals surface area contributed by atoms with Crippen LogP contribution in [0.5, 0.6) is 0 Å². The summed E-state index contributed by atoms with van der Waals surface area (Å²) in [6.45, 7) is 0. The fraction of sp³-hybridized carbons (Fsp3) is 1.00. The molecule has 4 heteroatoms. The van der Waals surface area contributed by atoms with Crippen molar-refractivity contribution < 1.29 is 4.12 Å². The van der Waals surface area contributed by atoms with Gasteiger partial charge in [-0.15, -0.1) is 0 Å². The topological polar surface area (TPSA) is 9.23 Å². The first-order valence-electron chi connectivity index (χ1n) is 1.69. The van der Waals surface area contributed by atoms with Gasteiger partial charge in [-0.25, -0.2) is 0 Å². The van der Waals surface area contributed by atoms with Crippen molar-refractivity contribution in [3.8, 4) is 0 Å². The van der Waals surface area contributed by atoms with Crippen LogP contribution in [0.4, 0.5) is 0 Å². The first-order chi connectivity index (χ1) is 3.00. The Bertz CT molecular complexity index is 27.0. The van der Waals surface area contributed by atoms with Crippen LogP contribution in [0.1, 0.15) is 0 Å². The molecule has 0 bridgehead atoms. The van der Waals surface area contributed by atoms with E-state index >= 15 is 0 Å². The summed E-state index contributed by atoms with van der Waals surface area (Å²) in [5.74, 6) is 0. The molecule has 0 amide bonds. The van der Waals surface area contributed by atoms with Crippen molar-refractivity contribution in [1.29, 1.82) is 0 Å². The predicted octanol–water partition coefficient (Wildman–Crippen LogP) is -0.289. The van der Waals surface area contributed by atoms with Gasteiger partial charge in [0, 0.05) is 0 Å². The van der Waals surface area contributed by atoms with Gasteiger partial charge in [-0.2, -0.15) is 0 Å². The molecule has 0 atom stereocenters. The molecule has 4 radical (unpaired) electrons. The summed E-state index contributed by atoms with van der Waals surface area (Å²) in [6.07, 6.45) is 0. The third-order valence-corrected chi connectivity index (χ3v) is 6.32. The minimum atomic E-state index is 0.842. The first-order valence-corrected chi connectivity index (χ1v) is 6.35. The molecule has 0 spiro atoms. The van der Waals surface area contributed by atoms with Crippen molar-refractivity contribution in [3.05, 3.63) is 0 Å². The second-order valence-corrected chi connectivity index (χ2v) is 7.35. The third kappa shape index (κ3) is 1.57. The van der Waals surface area contributed by atoms with Crippen LogP contribution in [0.3, 0.4) is 0 Å². The van der Waals surface area contributed by atoms with Crippen molar-refractivity contribution in [2.75, 3.05) is 0 Å². The van der Waals surface area contributed by atoms with Crippen LogP contribution in [-0.2, 0) is 4.12 Å². The molecule has 1 aliphatic heterocycles. The molecule has 0 aromatic heterocycles. The molecule has 0 saturated carbocycles. The van der Waals surface area contributed by atoms with E-state index in [0.717, 1.165) is 34.5 Å². The van der Waals surface area contributed by atoms with Crippen LogP contribution in [0.15, 0.2) is 0 Å². The molecule has 0 aliphatic carbocycles. The molecule has 1 rings (SSSR count). The summed E-state index contributed by atoms with van der Waals surface area (Å²) >= 11 is 0.954. The molecule has 0 aromatic rings. The molecule has 32 valence electrons. The molecule has 0 unspecified atom stereocenters. The SMILES string of the molecule is C1[Si]O[Si]C[Se]1. The number of hydrogen-bond acceptors (Lipinski definition) is 1. The minimum absolute atomic E-state index is 0.842. The second kappa shape index (κ2) is 2.99. The average Bonchev–Trinajstić information content (AvgIpc) is 1.72. The van der Waals surface area contributed by atoms with E-state index in [2.05, 4.69) is 0 Å². The molecule has 1 nitrogen and oxygen atoms in total. The fourth-order valence-electron chi connectivity index (χ4n) is 0.244. The zero-order valence-corrected chi connectivity index (χ0v) is 6.94. The second-order valence-electron chi connectivity index (χ2n) is 0.884. The van der Waals surface area contributed by atoms with Gasteiger partial charge in [0.15, 0.2) is 0 Å². The maximum absolute atomic E-state index is 5.14. The predicted molar refractivity (Wildman–Crippen MR) is 28.0 cm³/mol. The van der Waals surface area contributed by atoms with Gasteiger partial charge in [-0.3, -0.25) is 0 Å². The van der Waals surface area contributed by atoms with E-state index in [1.807, 2.05) is 0 Å². The van der Waals surface area contributed by atoms with E-state index in [4.69, 9.17) is 4.12 Å². The van der Waals surface area contributed by atoms with Gasteiger partial charge in [-0.1, -0.05) is 0 Å². The summed E-state index contributed by atoms with van der Waals surface area (Å²) < 4.78 is 5.14. The fourth-order valence-corrected chi connectivity index (χ4v) is 6.90.